The highest BCUT2D eigenvalue weighted by atomic mass is 16.5. The molecule has 1 aromatic rings. The van der Waals surface area contributed by atoms with E-state index in [1.54, 1.807) is 0 Å². The first kappa shape index (κ1) is 12.0. The lowest BCUT2D eigenvalue weighted by molar-refractivity contribution is -0.122. The topological polar surface area (TPSA) is 62.1 Å². The van der Waals surface area contributed by atoms with Crippen molar-refractivity contribution in [2.45, 2.75) is 37.6 Å². The Hall–Kier alpha value is -2.02. The summed E-state index contributed by atoms with van der Waals surface area (Å²) in [6, 6.07) is 8.10. The number of carbonyl (C=O) groups is 1. The average molecular weight is 256 g/mol. The molecule has 4 heteroatoms. The van der Waals surface area contributed by atoms with Gasteiger partial charge < -0.3 is 10.1 Å². The monoisotopic (exact) mass is 256 g/mol. The highest BCUT2D eigenvalue weighted by molar-refractivity contribution is 5.80. The molecule has 1 N–H and O–H groups in total. The molecule has 1 heterocycles. The van der Waals surface area contributed by atoms with Crippen LogP contribution in [0.15, 0.2) is 18.2 Å². The molecule has 1 aromatic carbocycles. The SMILES string of the molecule is N#CC1(NC(=O)Cc2ccc3c(c2)CCO3)CCC1. The van der Waals surface area contributed by atoms with Crippen molar-refractivity contribution in [3.63, 3.8) is 0 Å². The largest absolute Gasteiger partial charge is 0.493 e. The Bertz CT molecular complexity index is 556. The second kappa shape index (κ2) is 4.58. The predicted molar refractivity (Wildman–Crippen MR) is 69.7 cm³/mol. The molecule has 4 nitrogen and oxygen atoms in total. The van der Waals surface area contributed by atoms with Crippen LogP contribution < -0.4 is 10.1 Å². The molecule has 19 heavy (non-hydrogen) atoms. The highest BCUT2D eigenvalue weighted by Gasteiger charge is 2.38. The summed E-state index contributed by atoms with van der Waals surface area (Å²) in [7, 11) is 0. The van der Waals surface area contributed by atoms with Crippen LogP contribution in [0.5, 0.6) is 5.75 Å². The third kappa shape index (κ3) is 2.28. The van der Waals surface area contributed by atoms with Crippen molar-refractivity contribution in [3.05, 3.63) is 29.3 Å². The lowest BCUT2D eigenvalue weighted by Crippen LogP contribution is -2.52. The van der Waals surface area contributed by atoms with Crippen molar-refractivity contribution in [3.8, 4) is 11.8 Å². The summed E-state index contributed by atoms with van der Waals surface area (Å²) in [6.45, 7) is 0.725. The molecular formula is C15H16N2O2. The second-order valence-corrected chi connectivity index (χ2v) is 5.31. The minimum Gasteiger partial charge on any atom is -0.493 e. The maximum absolute atomic E-state index is 12.0. The Morgan fingerprint density at radius 3 is 3.00 bits per heavy atom. The van der Waals surface area contributed by atoms with Gasteiger partial charge in [-0.1, -0.05) is 12.1 Å². The van der Waals surface area contributed by atoms with E-state index >= 15 is 0 Å². The van der Waals surface area contributed by atoms with Gasteiger partial charge in [-0.25, -0.2) is 0 Å². The Balaban J connectivity index is 1.65. The third-order valence-corrected chi connectivity index (χ3v) is 3.92. The first-order chi connectivity index (χ1) is 9.21. The number of ether oxygens (including phenoxy) is 1. The molecule has 1 fully saturated rings. The van der Waals surface area contributed by atoms with Gasteiger partial charge in [-0.05, 0) is 36.5 Å². The van der Waals surface area contributed by atoms with Crippen LogP contribution in [0.2, 0.25) is 0 Å². The third-order valence-electron chi connectivity index (χ3n) is 3.92. The zero-order valence-electron chi connectivity index (χ0n) is 10.7. The van der Waals surface area contributed by atoms with Crippen molar-refractivity contribution in [1.82, 2.24) is 5.32 Å². The van der Waals surface area contributed by atoms with Crippen molar-refractivity contribution in [1.29, 1.82) is 5.26 Å². The van der Waals surface area contributed by atoms with Gasteiger partial charge in [0.1, 0.15) is 11.3 Å². The van der Waals surface area contributed by atoms with Crippen LogP contribution in [0.4, 0.5) is 0 Å². The van der Waals surface area contributed by atoms with Crippen LogP contribution in [-0.4, -0.2) is 18.1 Å². The fourth-order valence-corrected chi connectivity index (χ4v) is 2.64. The molecule has 1 saturated carbocycles. The summed E-state index contributed by atoms with van der Waals surface area (Å²) in [5.74, 6) is 0.858. The van der Waals surface area contributed by atoms with Crippen LogP contribution in [0.25, 0.3) is 0 Å². The molecule has 0 spiro atoms. The van der Waals surface area contributed by atoms with E-state index in [4.69, 9.17) is 10.00 Å². The molecular weight excluding hydrogens is 240 g/mol. The van der Waals surface area contributed by atoms with Gasteiger partial charge in [0.05, 0.1) is 19.1 Å². The minimum absolute atomic E-state index is 0.0693. The summed E-state index contributed by atoms with van der Waals surface area (Å²) in [5.41, 5.74) is 1.55. The van der Waals surface area contributed by atoms with E-state index < -0.39 is 5.54 Å². The molecule has 0 aromatic heterocycles. The van der Waals surface area contributed by atoms with Crippen LogP contribution in [0.3, 0.4) is 0 Å². The molecule has 98 valence electrons. The van der Waals surface area contributed by atoms with Crippen molar-refractivity contribution < 1.29 is 9.53 Å². The first-order valence-corrected chi connectivity index (χ1v) is 6.68. The normalized spacial score (nSPS) is 18.7. The quantitative estimate of drug-likeness (QED) is 0.895. The number of nitriles is 1. The standard InChI is InChI=1S/C15H16N2O2/c16-10-15(5-1-6-15)17-14(18)9-11-2-3-13-12(8-11)4-7-19-13/h2-3,8H,1,4-7,9H2,(H,17,18). The van der Waals surface area contributed by atoms with Crippen LogP contribution in [0.1, 0.15) is 30.4 Å². The Kier molecular flexibility index (Phi) is 2.90. The summed E-state index contributed by atoms with van der Waals surface area (Å²) >= 11 is 0. The van der Waals surface area contributed by atoms with E-state index in [0.717, 1.165) is 43.6 Å². The zero-order chi connectivity index (χ0) is 13.3. The number of nitrogens with one attached hydrogen (secondary N) is 1. The number of carbonyl (C=O) groups excluding carboxylic acids is 1. The molecule has 1 aliphatic heterocycles. The molecule has 0 saturated heterocycles. The molecule has 1 amide bonds. The molecule has 0 radical (unpaired) electrons. The second-order valence-electron chi connectivity index (χ2n) is 5.31. The summed E-state index contributed by atoms with van der Waals surface area (Å²) in [4.78, 5) is 12.0. The lowest BCUT2D eigenvalue weighted by Gasteiger charge is -2.35. The van der Waals surface area contributed by atoms with Gasteiger partial charge in [0.2, 0.25) is 5.91 Å². The number of hydrogen-bond acceptors (Lipinski definition) is 3. The van der Waals surface area contributed by atoms with Crippen LogP contribution in [0, 0.1) is 11.3 Å². The van der Waals surface area contributed by atoms with Crippen LogP contribution >= 0.6 is 0 Å². The van der Waals surface area contributed by atoms with Crippen LogP contribution in [-0.2, 0) is 17.6 Å². The van der Waals surface area contributed by atoms with Gasteiger partial charge in [0.25, 0.3) is 0 Å². The lowest BCUT2D eigenvalue weighted by atomic mass is 9.78. The Labute approximate surface area is 112 Å². The fraction of sp³-hybridized carbons (Fsp3) is 0.467. The number of benzene rings is 1. The molecule has 1 aliphatic carbocycles. The van der Waals surface area contributed by atoms with E-state index in [0.29, 0.717) is 6.42 Å². The number of amides is 1. The van der Waals surface area contributed by atoms with Gasteiger partial charge >= 0.3 is 0 Å². The smallest absolute Gasteiger partial charge is 0.225 e. The molecule has 0 bridgehead atoms. The van der Waals surface area contributed by atoms with E-state index in [9.17, 15) is 4.79 Å². The first-order valence-electron chi connectivity index (χ1n) is 6.68. The summed E-state index contributed by atoms with van der Waals surface area (Å²) in [5, 5.41) is 12.0. The van der Waals surface area contributed by atoms with Gasteiger partial charge in [-0.3, -0.25) is 4.79 Å². The molecule has 0 atom stereocenters. The Morgan fingerprint density at radius 1 is 1.47 bits per heavy atom. The molecule has 2 aliphatic rings. The number of nitrogens with zero attached hydrogens (tertiary/aromatic N) is 1. The maximum atomic E-state index is 12.0. The minimum atomic E-state index is -0.600. The van der Waals surface area contributed by atoms with Gasteiger partial charge in [0, 0.05) is 6.42 Å². The highest BCUT2D eigenvalue weighted by Crippen LogP contribution is 2.31. The van der Waals surface area contributed by atoms with Crippen molar-refractivity contribution in [2.24, 2.45) is 0 Å². The van der Waals surface area contributed by atoms with Gasteiger partial charge in [-0.15, -0.1) is 0 Å². The van der Waals surface area contributed by atoms with Gasteiger partial charge in [0.15, 0.2) is 0 Å². The fourth-order valence-electron chi connectivity index (χ4n) is 2.64. The number of hydrogen-bond donors (Lipinski definition) is 1. The van der Waals surface area contributed by atoms with E-state index in [1.165, 1.54) is 5.56 Å². The van der Waals surface area contributed by atoms with E-state index in [2.05, 4.69) is 11.4 Å². The predicted octanol–water partition coefficient (Wildman–Crippen LogP) is 1.73. The summed E-state index contributed by atoms with van der Waals surface area (Å²) < 4.78 is 5.44. The van der Waals surface area contributed by atoms with E-state index in [1.807, 2.05) is 18.2 Å². The molecule has 3 rings (SSSR count). The Morgan fingerprint density at radius 2 is 2.32 bits per heavy atom. The molecule has 0 unspecified atom stereocenters. The number of fused-ring (bicyclic) bond motifs is 1. The maximum Gasteiger partial charge on any atom is 0.225 e. The van der Waals surface area contributed by atoms with E-state index in [-0.39, 0.29) is 5.91 Å². The van der Waals surface area contributed by atoms with Crippen molar-refractivity contribution >= 4 is 5.91 Å². The number of rotatable bonds is 3. The average Bonchev–Trinajstić information content (AvgIpc) is 2.81. The van der Waals surface area contributed by atoms with Crippen molar-refractivity contribution in [2.75, 3.05) is 6.61 Å². The summed E-state index contributed by atoms with van der Waals surface area (Å²) in [6.07, 6.45) is 3.80. The zero-order valence-corrected chi connectivity index (χ0v) is 10.7. The van der Waals surface area contributed by atoms with Gasteiger partial charge in [-0.2, -0.15) is 5.26 Å².